The van der Waals surface area contributed by atoms with Crippen molar-refractivity contribution in [3.05, 3.63) is 58.9 Å². The summed E-state index contributed by atoms with van der Waals surface area (Å²) >= 11 is 6.64. The number of hydrogen-bond acceptors (Lipinski definition) is 4. The molecular weight excluding hydrogens is 392 g/mol. The monoisotopic (exact) mass is 422 g/mol. The van der Waals surface area contributed by atoms with Gasteiger partial charge in [0.15, 0.2) is 0 Å². The average Bonchev–Trinajstić information content (AvgIpc) is 3.16. The van der Waals surface area contributed by atoms with Crippen molar-refractivity contribution in [2.24, 2.45) is 4.99 Å². The second-order valence-electron chi connectivity index (χ2n) is 8.98. The highest BCUT2D eigenvalue weighted by Gasteiger charge is 2.28. The first kappa shape index (κ1) is 19.9. The Bertz CT molecular complexity index is 958. The fraction of sp³-hybridized carbons (Fsp3) is 0.480. The van der Waals surface area contributed by atoms with Crippen LogP contribution in [0.25, 0.3) is 5.03 Å². The second kappa shape index (κ2) is 8.24. The van der Waals surface area contributed by atoms with Crippen LogP contribution in [0.5, 0.6) is 0 Å². The van der Waals surface area contributed by atoms with Gasteiger partial charge in [0, 0.05) is 46.6 Å². The van der Waals surface area contributed by atoms with E-state index < -0.39 is 0 Å². The van der Waals surface area contributed by atoms with Crippen molar-refractivity contribution in [2.75, 3.05) is 31.6 Å². The molecule has 0 saturated carbocycles. The molecule has 4 aliphatic rings. The lowest BCUT2D eigenvalue weighted by Gasteiger charge is -2.36. The number of amidine groups is 1. The van der Waals surface area contributed by atoms with Gasteiger partial charge in [-0.1, -0.05) is 36.4 Å². The molecule has 30 heavy (non-hydrogen) atoms. The summed E-state index contributed by atoms with van der Waals surface area (Å²) < 4.78 is 0. The lowest BCUT2D eigenvalue weighted by Crippen LogP contribution is -2.38. The highest BCUT2D eigenvalue weighted by Crippen LogP contribution is 2.39. The summed E-state index contributed by atoms with van der Waals surface area (Å²) in [6.07, 6.45) is 9.99. The zero-order chi connectivity index (χ0) is 20.7. The maximum absolute atomic E-state index is 6.64. The third-order valence-electron chi connectivity index (χ3n) is 7.08. The molecule has 1 atom stereocenters. The summed E-state index contributed by atoms with van der Waals surface area (Å²) in [7, 11) is 2.24. The van der Waals surface area contributed by atoms with E-state index in [9.17, 15) is 0 Å². The maximum atomic E-state index is 6.64. The molecule has 0 spiro atoms. The maximum Gasteiger partial charge on any atom is 0.106 e. The molecule has 1 fully saturated rings. The van der Waals surface area contributed by atoms with Crippen LogP contribution >= 0.6 is 11.6 Å². The van der Waals surface area contributed by atoms with Gasteiger partial charge in [0.05, 0.1) is 12.2 Å². The van der Waals surface area contributed by atoms with E-state index in [0.717, 1.165) is 61.8 Å². The van der Waals surface area contributed by atoms with Crippen LogP contribution in [-0.4, -0.2) is 43.5 Å². The standard InChI is InChI=1S/C25H31ClN4/c1-17-20-13-15-30(23-10-4-7-18-6-3-9-21(26)25(18)23)16-22(20)28-24(27-17)12-11-19-8-5-14-29(19)2/h4,7,9-10,19H,1,3,5-6,8,11-16H2,2H3,(H,27,28)/t19-/m0/s1. The smallest absolute Gasteiger partial charge is 0.106 e. The predicted octanol–water partition coefficient (Wildman–Crippen LogP) is 5.07. The number of nitrogens with zero attached hydrogens (tertiary/aromatic N) is 3. The number of aliphatic imine (C=N–C) groups is 1. The third-order valence-corrected chi connectivity index (χ3v) is 7.42. The normalized spacial score (nSPS) is 24.3. The summed E-state index contributed by atoms with van der Waals surface area (Å²) in [5.74, 6) is 1.08. The molecule has 1 aliphatic carbocycles. The first-order valence-electron chi connectivity index (χ1n) is 11.3. The fourth-order valence-corrected chi connectivity index (χ4v) is 5.70. The van der Waals surface area contributed by atoms with E-state index in [4.69, 9.17) is 16.6 Å². The minimum atomic E-state index is 0.686. The van der Waals surface area contributed by atoms with Crippen LogP contribution < -0.4 is 10.2 Å². The topological polar surface area (TPSA) is 30.9 Å². The van der Waals surface area contributed by atoms with Crippen LogP contribution in [0.15, 0.2) is 52.8 Å². The van der Waals surface area contributed by atoms with Crippen molar-refractivity contribution in [2.45, 2.75) is 51.0 Å². The molecule has 0 aromatic heterocycles. The summed E-state index contributed by atoms with van der Waals surface area (Å²) in [6, 6.07) is 7.28. The zero-order valence-electron chi connectivity index (χ0n) is 17.9. The van der Waals surface area contributed by atoms with E-state index in [1.165, 1.54) is 47.5 Å². The van der Waals surface area contributed by atoms with Crippen LogP contribution in [0.3, 0.4) is 0 Å². The Balaban J connectivity index is 1.36. The summed E-state index contributed by atoms with van der Waals surface area (Å²) in [4.78, 5) is 10.00. The van der Waals surface area contributed by atoms with Crippen molar-refractivity contribution in [1.82, 2.24) is 10.2 Å². The first-order valence-corrected chi connectivity index (χ1v) is 11.7. The van der Waals surface area contributed by atoms with Gasteiger partial charge in [0.2, 0.25) is 0 Å². The van der Waals surface area contributed by atoms with E-state index in [-0.39, 0.29) is 0 Å². The number of hydrogen-bond donors (Lipinski definition) is 1. The van der Waals surface area contributed by atoms with Gasteiger partial charge in [0.1, 0.15) is 5.84 Å². The van der Waals surface area contributed by atoms with E-state index in [2.05, 4.69) is 53.0 Å². The molecular formula is C25H31ClN4. The summed E-state index contributed by atoms with van der Waals surface area (Å²) in [5, 5.41) is 4.39. The number of fused-ring (bicyclic) bond motifs is 1. The molecule has 5 rings (SSSR count). The Morgan fingerprint density at radius 3 is 3.00 bits per heavy atom. The molecule has 3 aliphatic heterocycles. The largest absolute Gasteiger partial charge is 0.365 e. The Labute approximate surface area is 185 Å². The Morgan fingerprint density at radius 2 is 2.17 bits per heavy atom. The minimum Gasteiger partial charge on any atom is -0.365 e. The quantitative estimate of drug-likeness (QED) is 0.735. The highest BCUT2D eigenvalue weighted by atomic mass is 35.5. The van der Waals surface area contributed by atoms with Crippen LogP contribution in [0.1, 0.15) is 49.7 Å². The molecule has 0 amide bonds. The van der Waals surface area contributed by atoms with Gasteiger partial charge in [-0.05, 0) is 63.7 Å². The number of benzene rings is 1. The average molecular weight is 423 g/mol. The second-order valence-corrected chi connectivity index (χ2v) is 9.38. The summed E-state index contributed by atoms with van der Waals surface area (Å²) in [5.41, 5.74) is 7.33. The van der Waals surface area contributed by atoms with Crippen LogP contribution in [0.2, 0.25) is 0 Å². The van der Waals surface area contributed by atoms with Crippen molar-refractivity contribution < 1.29 is 0 Å². The number of halogens is 1. The fourth-order valence-electron chi connectivity index (χ4n) is 5.38. The molecule has 4 nitrogen and oxygen atoms in total. The van der Waals surface area contributed by atoms with E-state index in [0.29, 0.717) is 6.04 Å². The van der Waals surface area contributed by atoms with Crippen molar-refractivity contribution in [3.63, 3.8) is 0 Å². The Morgan fingerprint density at radius 1 is 1.27 bits per heavy atom. The predicted molar refractivity (Wildman–Crippen MR) is 127 cm³/mol. The molecule has 1 aromatic carbocycles. The number of aryl methyl sites for hydroxylation is 1. The lowest BCUT2D eigenvalue weighted by atomic mass is 9.93. The molecule has 0 bridgehead atoms. The highest BCUT2D eigenvalue weighted by molar-refractivity contribution is 6.49. The molecule has 5 heteroatoms. The molecule has 1 saturated heterocycles. The number of nitrogens with one attached hydrogen (secondary N) is 1. The molecule has 3 heterocycles. The SMILES string of the molecule is C=C1NC(CC[C@@H]2CCCN2C)=NC2=C1CCN(c1cccc3c1C(Cl)=CCC3)C2. The lowest BCUT2D eigenvalue weighted by molar-refractivity contribution is 0.299. The van der Waals surface area contributed by atoms with Gasteiger partial charge < -0.3 is 15.1 Å². The molecule has 1 N–H and O–H groups in total. The molecule has 1 aromatic rings. The third kappa shape index (κ3) is 3.72. The van der Waals surface area contributed by atoms with Gasteiger partial charge in [-0.2, -0.15) is 0 Å². The Hall–Kier alpha value is -2.04. The number of allylic oxidation sites excluding steroid dienone is 2. The Kier molecular flexibility index (Phi) is 5.46. The molecule has 0 radical (unpaired) electrons. The molecule has 158 valence electrons. The zero-order valence-corrected chi connectivity index (χ0v) is 18.6. The summed E-state index contributed by atoms with van der Waals surface area (Å²) in [6.45, 7) is 7.33. The first-order chi connectivity index (χ1) is 14.6. The minimum absolute atomic E-state index is 0.686. The van der Waals surface area contributed by atoms with E-state index >= 15 is 0 Å². The van der Waals surface area contributed by atoms with Crippen LogP contribution in [0, 0.1) is 0 Å². The number of anilines is 1. The van der Waals surface area contributed by atoms with Crippen LogP contribution in [-0.2, 0) is 6.42 Å². The van der Waals surface area contributed by atoms with E-state index in [1.807, 2.05) is 0 Å². The number of rotatable bonds is 4. The van der Waals surface area contributed by atoms with Crippen LogP contribution in [0.4, 0.5) is 5.69 Å². The van der Waals surface area contributed by atoms with Gasteiger partial charge >= 0.3 is 0 Å². The van der Waals surface area contributed by atoms with Gasteiger partial charge in [-0.15, -0.1) is 0 Å². The van der Waals surface area contributed by atoms with Gasteiger partial charge in [-0.25, -0.2) is 4.99 Å². The number of likely N-dealkylation sites (tertiary alicyclic amines) is 1. The van der Waals surface area contributed by atoms with Crippen molar-refractivity contribution in [3.8, 4) is 0 Å². The van der Waals surface area contributed by atoms with Gasteiger partial charge in [0.25, 0.3) is 0 Å². The van der Waals surface area contributed by atoms with Gasteiger partial charge in [-0.3, -0.25) is 0 Å². The van der Waals surface area contributed by atoms with Crippen molar-refractivity contribution in [1.29, 1.82) is 0 Å². The van der Waals surface area contributed by atoms with Crippen molar-refractivity contribution >= 4 is 28.2 Å². The van der Waals surface area contributed by atoms with E-state index in [1.54, 1.807) is 0 Å². The molecule has 0 unspecified atom stereocenters.